The van der Waals surface area contributed by atoms with Gasteiger partial charge in [-0.2, -0.15) is 0 Å². The molecule has 0 aliphatic rings. The zero-order chi connectivity index (χ0) is 11.7. The molecule has 0 fully saturated rings. The van der Waals surface area contributed by atoms with Gasteiger partial charge in [0, 0.05) is 32.2 Å². The zero-order valence-electron chi connectivity index (χ0n) is 11.1. The summed E-state index contributed by atoms with van der Waals surface area (Å²) in [6, 6.07) is 0.618. The summed E-state index contributed by atoms with van der Waals surface area (Å²) in [4.78, 5) is 2.36. The largest absolute Gasteiger partial charge is 0.316 e. The van der Waals surface area contributed by atoms with Gasteiger partial charge in [0.05, 0.1) is 0 Å². The van der Waals surface area contributed by atoms with E-state index in [1.807, 2.05) is 0 Å². The van der Waals surface area contributed by atoms with Crippen molar-refractivity contribution in [3.8, 4) is 0 Å². The highest BCUT2D eigenvalue weighted by atomic mass is 15.1. The first kappa shape index (κ1) is 14.9. The van der Waals surface area contributed by atoms with Gasteiger partial charge in [0.2, 0.25) is 0 Å². The average molecular weight is 215 g/mol. The fraction of sp³-hybridized carbons (Fsp3) is 1.00. The van der Waals surface area contributed by atoms with Crippen molar-refractivity contribution in [2.24, 2.45) is 5.92 Å². The number of likely N-dealkylation sites (N-methyl/N-ethyl adjacent to an activating group) is 2. The maximum atomic E-state index is 3.54. The molecule has 0 aliphatic carbocycles. The van der Waals surface area contributed by atoms with Crippen molar-refractivity contribution in [3.63, 3.8) is 0 Å². The summed E-state index contributed by atoms with van der Waals surface area (Å²) in [5.41, 5.74) is 0. The summed E-state index contributed by atoms with van der Waals surface area (Å²) >= 11 is 0. The Labute approximate surface area is 95.6 Å². The van der Waals surface area contributed by atoms with E-state index in [2.05, 4.69) is 50.3 Å². The van der Waals surface area contributed by atoms with Crippen LogP contribution in [0.1, 0.15) is 27.7 Å². The van der Waals surface area contributed by atoms with Crippen molar-refractivity contribution in [1.29, 1.82) is 0 Å². The van der Waals surface area contributed by atoms with Crippen LogP contribution in [0.4, 0.5) is 0 Å². The van der Waals surface area contributed by atoms with Crippen LogP contribution in [-0.2, 0) is 0 Å². The second-order valence-corrected chi connectivity index (χ2v) is 4.64. The van der Waals surface area contributed by atoms with Crippen LogP contribution >= 0.6 is 0 Å². The molecule has 0 saturated heterocycles. The van der Waals surface area contributed by atoms with E-state index >= 15 is 0 Å². The molecule has 0 saturated carbocycles. The van der Waals surface area contributed by atoms with E-state index in [9.17, 15) is 0 Å². The van der Waals surface area contributed by atoms with E-state index in [1.165, 1.54) is 0 Å². The molecule has 0 bridgehead atoms. The average Bonchev–Trinajstić information content (AvgIpc) is 2.18. The van der Waals surface area contributed by atoms with Gasteiger partial charge >= 0.3 is 0 Å². The minimum Gasteiger partial charge on any atom is -0.316 e. The molecule has 3 heteroatoms. The molecule has 0 heterocycles. The Kier molecular flexibility index (Phi) is 9.06. The smallest absolute Gasteiger partial charge is 0.0104 e. The van der Waals surface area contributed by atoms with E-state index in [1.54, 1.807) is 0 Å². The summed E-state index contributed by atoms with van der Waals surface area (Å²) in [6.07, 6.45) is 0. The normalized spacial score (nSPS) is 13.8. The molecule has 0 spiro atoms. The maximum Gasteiger partial charge on any atom is 0.0104 e. The second-order valence-electron chi connectivity index (χ2n) is 4.64. The number of nitrogens with zero attached hydrogens (tertiary/aromatic N) is 1. The Morgan fingerprint density at radius 2 is 1.67 bits per heavy atom. The van der Waals surface area contributed by atoms with Crippen LogP contribution in [-0.4, -0.2) is 50.7 Å². The molecule has 3 nitrogen and oxygen atoms in total. The third-order valence-corrected chi connectivity index (χ3v) is 2.88. The molecule has 1 unspecified atom stereocenters. The highest BCUT2D eigenvalue weighted by molar-refractivity contribution is 4.65. The van der Waals surface area contributed by atoms with Crippen LogP contribution in [0.5, 0.6) is 0 Å². The van der Waals surface area contributed by atoms with Crippen LogP contribution in [0.25, 0.3) is 0 Å². The van der Waals surface area contributed by atoms with Gasteiger partial charge in [0.25, 0.3) is 0 Å². The van der Waals surface area contributed by atoms with Gasteiger partial charge in [-0.1, -0.05) is 20.8 Å². The van der Waals surface area contributed by atoms with Gasteiger partial charge in [0.1, 0.15) is 0 Å². The van der Waals surface area contributed by atoms with Crippen molar-refractivity contribution in [2.75, 3.05) is 39.8 Å². The van der Waals surface area contributed by atoms with E-state index in [4.69, 9.17) is 0 Å². The summed E-state index contributed by atoms with van der Waals surface area (Å²) in [6.45, 7) is 14.4. The molecule has 0 amide bonds. The van der Waals surface area contributed by atoms with Gasteiger partial charge < -0.3 is 15.5 Å². The lowest BCUT2D eigenvalue weighted by Crippen LogP contribution is -2.38. The third kappa shape index (κ3) is 8.85. The zero-order valence-corrected chi connectivity index (χ0v) is 11.1. The lowest BCUT2D eigenvalue weighted by molar-refractivity contribution is 0.314. The predicted molar refractivity (Wildman–Crippen MR) is 68.3 cm³/mol. The third-order valence-electron chi connectivity index (χ3n) is 2.88. The van der Waals surface area contributed by atoms with Crippen LogP contribution in [0.3, 0.4) is 0 Å². The molecular weight excluding hydrogens is 186 g/mol. The lowest BCUT2D eigenvalue weighted by atomic mass is 10.1. The maximum absolute atomic E-state index is 3.54. The lowest BCUT2D eigenvalue weighted by Gasteiger charge is -2.21. The Morgan fingerprint density at radius 3 is 2.20 bits per heavy atom. The van der Waals surface area contributed by atoms with Crippen LogP contribution in [0.15, 0.2) is 0 Å². The summed E-state index contributed by atoms with van der Waals surface area (Å²) in [5, 5.41) is 6.88. The molecule has 15 heavy (non-hydrogen) atoms. The van der Waals surface area contributed by atoms with E-state index in [0.717, 1.165) is 38.6 Å². The van der Waals surface area contributed by atoms with Crippen LogP contribution < -0.4 is 10.6 Å². The number of rotatable bonds is 9. The Balaban J connectivity index is 3.34. The van der Waals surface area contributed by atoms with E-state index in [-0.39, 0.29) is 0 Å². The van der Waals surface area contributed by atoms with Gasteiger partial charge in [-0.3, -0.25) is 0 Å². The Hall–Kier alpha value is -0.120. The Morgan fingerprint density at radius 1 is 1.07 bits per heavy atom. The first-order valence-electron chi connectivity index (χ1n) is 6.20. The number of nitrogens with one attached hydrogen (secondary N) is 2. The number of hydrogen-bond acceptors (Lipinski definition) is 3. The first-order chi connectivity index (χ1) is 7.07. The van der Waals surface area contributed by atoms with Crippen LogP contribution in [0.2, 0.25) is 0 Å². The summed E-state index contributed by atoms with van der Waals surface area (Å²) in [7, 11) is 2.18. The minimum absolute atomic E-state index is 0.618. The molecule has 92 valence electrons. The monoisotopic (exact) mass is 215 g/mol. The Bertz CT molecular complexity index is 137. The van der Waals surface area contributed by atoms with Gasteiger partial charge in [-0.05, 0) is 26.4 Å². The van der Waals surface area contributed by atoms with Crippen molar-refractivity contribution in [1.82, 2.24) is 15.5 Å². The highest BCUT2D eigenvalue weighted by Gasteiger charge is 2.05. The fourth-order valence-corrected chi connectivity index (χ4v) is 1.28. The first-order valence-corrected chi connectivity index (χ1v) is 6.20. The molecule has 1 atom stereocenters. The molecule has 0 aromatic carbocycles. The van der Waals surface area contributed by atoms with Crippen molar-refractivity contribution >= 4 is 0 Å². The topological polar surface area (TPSA) is 27.3 Å². The van der Waals surface area contributed by atoms with Gasteiger partial charge in [-0.25, -0.2) is 0 Å². The van der Waals surface area contributed by atoms with Gasteiger partial charge in [0.15, 0.2) is 0 Å². The molecule has 0 rings (SSSR count). The SMILES string of the molecule is CCNCCN(C)CCNC(C)C(C)C. The minimum atomic E-state index is 0.618. The van der Waals surface area contributed by atoms with Gasteiger partial charge in [-0.15, -0.1) is 0 Å². The highest BCUT2D eigenvalue weighted by Crippen LogP contribution is 1.98. The molecule has 0 aromatic heterocycles. The molecule has 2 N–H and O–H groups in total. The molecule has 0 radical (unpaired) electrons. The number of hydrogen-bond donors (Lipinski definition) is 2. The standard InChI is InChI=1S/C12H29N3/c1-6-13-7-9-15(5)10-8-14-12(4)11(2)3/h11-14H,6-10H2,1-5H3. The predicted octanol–water partition coefficient (Wildman–Crippen LogP) is 1.16. The quantitative estimate of drug-likeness (QED) is 0.565. The van der Waals surface area contributed by atoms with Crippen molar-refractivity contribution in [3.05, 3.63) is 0 Å². The summed E-state index contributed by atoms with van der Waals surface area (Å²) < 4.78 is 0. The van der Waals surface area contributed by atoms with Crippen LogP contribution in [0, 0.1) is 5.92 Å². The van der Waals surface area contributed by atoms with Crippen molar-refractivity contribution in [2.45, 2.75) is 33.7 Å². The summed E-state index contributed by atoms with van der Waals surface area (Å²) in [5.74, 6) is 0.720. The van der Waals surface area contributed by atoms with E-state index in [0.29, 0.717) is 6.04 Å². The second kappa shape index (κ2) is 9.13. The molecule has 0 aliphatic heterocycles. The van der Waals surface area contributed by atoms with Crippen molar-refractivity contribution < 1.29 is 0 Å². The fourth-order valence-electron chi connectivity index (χ4n) is 1.28. The molecule has 0 aromatic rings. The van der Waals surface area contributed by atoms with E-state index < -0.39 is 0 Å². The molecular formula is C12H29N3.